The summed E-state index contributed by atoms with van der Waals surface area (Å²) in [4.78, 5) is 20.4. The number of carbonyl (C=O) groups excluding carboxylic acids is 1. The highest BCUT2D eigenvalue weighted by molar-refractivity contribution is 5.93. The van der Waals surface area contributed by atoms with Crippen molar-refractivity contribution in [1.29, 1.82) is 0 Å². The number of nitrogens with zero attached hydrogens (tertiary/aromatic N) is 2. The molecule has 0 aliphatic heterocycles. The van der Waals surface area contributed by atoms with Gasteiger partial charge in [0, 0.05) is 25.0 Å². The van der Waals surface area contributed by atoms with Gasteiger partial charge >= 0.3 is 0 Å². The molecule has 110 valence electrons. The average molecular weight is 276 g/mol. The predicted octanol–water partition coefficient (Wildman–Crippen LogP) is 2.75. The van der Waals surface area contributed by atoms with Gasteiger partial charge < -0.3 is 10.6 Å². The Bertz CT molecular complexity index is 412. The number of unbranched alkanes of at least 4 members (excludes halogenated alkanes) is 2. The van der Waals surface area contributed by atoms with E-state index in [1.807, 2.05) is 0 Å². The Morgan fingerprint density at radius 3 is 2.60 bits per heavy atom. The minimum Gasteiger partial charge on any atom is -0.354 e. The summed E-state index contributed by atoms with van der Waals surface area (Å²) in [5.74, 6) is 0.535. The first kappa shape index (κ1) is 14.8. The molecule has 0 aromatic carbocycles. The van der Waals surface area contributed by atoms with Crippen LogP contribution >= 0.6 is 0 Å². The summed E-state index contributed by atoms with van der Waals surface area (Å²) in [6.45, 7) is 3.05. The van der Waals surface area contributed by atoms with Crippen molar-refractivity contribution < 1.29 is 4.79 Å². The van der Waals surface area contributed by atoms with Crippen LogP contribution in [0, 0.1) is 0 Å². The third-order valence-corrected chi connectivity index (χ3v) is 3.67. The first-order valence-electron chi connectivity index (χ1n) is 7.66. The maximum Gasteiger partial charge on any atom is 0.254 e. The summed E-state index contributed by atoms with van der Waals surface area (Å²) >= 11 is 0. The molecule has 0 bridgehead atoms. The van der Waals surface area contributed by atoms with Gasteiger partial charge in [-0.05, 0) is 19.3 Å². The fraction of sp³-hybridized carbons (Fsp3) is 0.667. The highest BCUT2D eigenvalue weighted by Gasteiger charge is 2.18. The lowest BCUT2D eigenvalue weighted by atomic mass is 10.2. The number of anilines is 1. The van der Waals surface area contributed by atoms with Crippen molar-refractivity contribution in [2.45, 2.75) is 57.9 Å². The van der Waals surface area contributed by atoms with Gasteiger partial charge in [0.25, 0.3) is 5.91 Å². The van der Waals surface area contributed by atoms with Crippen LogP contribution in [0.1, 0.15) is 62.2 Å². The number of aromatic nitrogens is 2. The lowest BCUT2D eigenvalue weighted by Gasteiger charge is -2.11. The van der Waals surface area contributed by atoms with Crippen molar-refractivity contribution in [2.75, 3.05) is 11.9 Å². The van der Waals surface area contributed by atoms with E-state index < -0.39 is 0 Å². The van der Waals surface area contributed by atoms with Crippen molar-refractivity contribution in [3.63, 3.8) is 0 Å². The van der Waals surface area contributed by atoms with Crippen LogP contribution < -0.4 is 10.6 Å². The van der Waals surface area contributed by atoms with Crippen LogP contribution in [-0.2, 0) is 0 Å². The molecule has 1 aromatic rings. The summed E-state index contributed by atoms with van der Waals surface area (Å²) in [7, 11) is 0. The van der Waals surface area contributed by atoms with Crippen LogP contribution in [0.25, 0.3) is 0 Å². The van der Waals surface area contributed by atoms with Crippen molar-refractivity contribution in [3.8, 4) is 0 Å². The normalized spacial score (nSPS) is 15.2. The second kappa shape index (κ2) is 7.82. The van der Waals surface area contributed by atoms with E-state index in [0.29, 0.717) is 17.6 Å². The van der Waals surface area contributed by atoms with Crippen LogP contribution in [0.4, 0.5) is 5.95 Å². The van der Waals surface area contributed by atoms with Gasteiger partial charge in [0.05, 0.1) is 5.56 Å². The van der Waals surface area contributed by atoms with E-state index >= 15 is 0 Å². The largest absolute Gasteiger partial charge is 0.354 e. The molecule has 5 nitrogen and oxygen atoms in total. The molecular formula is C15H24N4O. The SMILES string of the molecule is CCCCCNc1ncc(C(=O)NC2CCCC2)cn1. The molecule has 0 atom stereocenters. The van der Waals surface area contributed by atoms with Crippen LogP contribution in [0.2, 0.25) is 0 Å². The molecule has 1 aromatic heterocycles. The number of carbonyl (C=O) groups is 1. The standard InChI is InChI=1S/C15H24N4O/c1-2-3-6-9-16-15-17-10-12(11-18-15)14(20)19-13-7-4-5-8-13/h10-11,13H,2-9H2,1H3,(H,19,20)(H,16,17,18). The topological polar surface area (TPSA) is 66.9 Å². The van der Waals surface area contributed by atoms with E-state index in [1.54, 1.807) is 12.4 Å². The zero-order valence-corrected chi connectivity index (χ0v) is 12.2. The molecule has 2 N–H and O–H groups in total. The highest BCUT2D eigenvalue weighted by atomic mass is 16.1. The predicted molar refractivity (Wildman–Crippen MR) is 79.8 cm³/mol. The smallest absolute Gasteiger partial charge is 0.254 e. The minimum absolute atomic E-state index is 0.0607. The number of rotatable bonds is 7. The lowest BCUT2D eigenvalue weighted by molar-refractivity contribution is 0.0937. The summed E-state index contributed by atoms with van der Waals surface area (Å²) in [5.41, 5.74) is 0.538. The molecule has 0 radical (unpaired) electrons. The minimum atomic E-state index is -0.0607. The Labute approximate surface area is 120 Å². The Balaban J connectivity index is 1.79. The Kier molecular flexibility index (Phi) is 5.77. The lowest BCUT2D eigenvalue weighted by Crippen LogP contribution is -2.32. The highest BCUT2D eigenvalue weighted by Crippen LogP contribution is 2.18. The molecule has 20 heavy (non-hydrogen) atoms. The van der Waals surface area contributed by atoms with E-state index in [-0.39, 0.29) is 5.91 Å². The van der Waals surface area contributed by atoms with Crippen molar-refractivity contribution in [2.24, 2.45) is 0 Å². The maximum atomic E-state index is 12.0. The quantitative estimate of drug-likeness (QED) is 0.751. The zero-order chi connectivity index (χ0) is 14.2. The van der Waals surface area contributed by atoms with Gasteiger partial charge in [0.1, 0.15) is 0 Å². The van der Waals surface area contributed by atoms with Crippen LogP contribution in [0.3, 0.4) is 0 Å². The van der Waals surface area contributed by atoms with Crippen LogP contribution in [-0.4, -0.2) is 28.5 Å². The molecule has 1 fully saturated rings. The zero-order valence-electron chi connectivity index (χ0n) is 12.2. The third kappa shape index (κ3) is 4.47. The van der Waals surface area contributed by atoms with Crippen LogP contribution in [0.5, 0.6) is 0 Å². The van der Waals surface area contributed by atoms with E-state index in [2.05, 4.69) is 27.5 Å². The number of nitrogens with one attached hydrogen (secondary N) is 2. The monoisotopic (exact) mass is 276 g/mol. The van der Waals surface area contributed by atoms with Gasteiger partial charge in [-0.25, -0.2) is 9.97 Å². The first-order valence-corrected chi connectivity index (χ1v) is 7.66. The average Bonchev–Trinajstić information content (AvgIpc) is 2.97. The van der Waals surface area contributed by atoms with Gasteiger partial charge in [-0.15, -0.1) is 0 Å². The number of hydrogen-bond acceptors (Lipinski definition) is 4. The van der Waals surface area contributed by atoms with Gasteiger partial charge in [-0.2, -0.15) is 0 Å². The Morgan fingerprint density at radius 1 is 1.25 bits per heavy atom. The molecule has 1 amide bonds. The molecule has 0 saturated heterocycles. The fourth-order valence-corrected chi connectivity index (χ4v) is 2.45. The number of amides is 1. The molecule has 1 heterocycles. The molecule has 0 spiro atoms. The van der Waals surface area contributed by atoms with Crippen molar-refractivity contribution >= 4 is 11.9 Å². The Morgan fingerprint density at radius 2 is 1.95 bits per heavy atom. The maximum absolute atomic E-state index is 12.0. The summed E-state index contributed by atoms with van der Waals surface area (Å²) in [5, 5.41) is 6.20. The second-order valence-electron chi connectivity index (χ2n) is 5.38. The third-order valence-electron chi connectivity index (χ3n) is 3.67. The van der Waals surface area contributed by atoms with E-state index in [1.165, 1.54) is 25.7 Å². The molecule has 0 unspecified atom stereocenters. The van der Waals surface area contributed by atoms with Crippen molar-refractivity contribution in [3.05, 3.63) is 18.0 Å². The summed E-state index contributed by atoms with van der Waals surface area (Å²) < 4.78 is 0. The van der Waals surface area contributed by atoms with Crippen LogP contribution in [0.15, 0.2) is 12.4 Å². The van der Waals surface area contributed by atoms with Gasteiger partial charge in [0.2, 0.25) is 5.95 Å². The first-order chi connectivity index (χ1) is 9.79. The van der Waals surface area contributed by atoms with Gasteiger partial charge in [0.15, 0.2) is 0 Å². The van der Waals surface area contributed by atoms with Crippen molar-refractivity contribution in [1.82, 2.24) is 15.3 Å². The van der Waals surface area contributed by atoms with Gasteiger partial charge in [-0.3, -0.25) is 4.79 Å². The molecule has 1 aliphatic carbocycles. The Hall–Kier alpha value is -1.65. The van der Waals surface area contributed by atoms with E-state index in [0.717, 1.165) is 25.8 Å². The fourth-order valence-electron chi connectivity index (χ4n) is 2.45. The molecule has 1 aliphatic rings. The van der Waals surface area contributed by atoms with E-state index in [9.17, 15) is 4.79 Å². The molecular weight excluding hydrogens is 252 g/mol. The van der Waals surface area contributed by atoms with Gasteiger partial charge in [-0.1, -0.05) is 32.6 Å². The molecule has 2 rings (SSSR count). The molecule has 1 saturated carbocycles. The van der Waals surface area contributed by atoms with E-state index in [4.69, 9.17) is 0 Å². The summed E-state index contributed by atoms with van der Waals surface area (Å²) in [6.07, 6.45) is 11.3. The second-order valence-corrected chi connectivity index (χ2v) is 5.38. The summed E-state index contributed by atoms with van der Waals surface area (Å²) in [6, 6.07) is 0.328. The number of hydrogen-bond donors (Lipinski definition) is 2. The molecule has 5 heteroatoms.